The first-order chi connectivity index (χ1) is 7.27. The minimum absolute atomic E-state index is 0.273. The summed E-state index contributed by atoms with van der Waals surface area (Å²) in [6.07, 6.45) is 1.08. The summed E-state index contributed by atoms with van der Waals surface area (Å²) in [5.74, 6) is 0.345. The second kappa shape index (κ2) is 4.23. The predicted octanol–water partition coefficient (Wildman–Crippen LogP) is 2.07. The molecule has 1 aliphatic heterocycles. The van der Waals surface area contributed by atoms with Gasteiger partial charge >= 0.3 is 0 Å². The number of hydrogen-bond acceptors (Lipinski definition) is 2. The normalized spacial score (nSPS) is 21.5. The zero-order valence-corrected chi connectivity index (χ0v) is 9.48. The fourth-order valence-electron chi connectivity index (χ4n) is 2.51. The van der Waals surface area contributed by atoms with E-state index in [1.807, 2.05) is 0 Å². The van der Waals surface area contributed by atoms with Crippen molar-refractivity contribution in [3.63, 3.8) is 0 Å². The average molecular weight is 205 g/mol. The summed E-state index contributed by atoms with van der Waals surface area (Å²) in [5.41, 5.74) is 2.77. The molecule has 2 heteroatoms. The largest absolute Gasteiger partial charge is 0.396 e. The van der Waals surface area contributed by atoms with Gasteiger partial charge in [0.2, 0.25) is 0 Å². The van der Waals surface area contributed by atoms with E-state index in [1.165, 1.54) is 11.3 Å². The summed E-state index contributed by atoms with van der Waals surface area (Å²) in [7, 11) is 0. The van der Waals surface area contributed by atoms with Crippen LogP contribution in [0.3, 0.4) is 0 Å². The monoisotopic (exact) mass is 205 g/mol. The lowest BCUT2D eigenvalue weighted by Crippen LogP contribution is -2.38. The minimum Gasteiger partial charge on any atom is -0.396 e. The van der Waals surface area contributed by atoms with Crippen molar-refractivity contribution >= 4 is 5.69 Å². The fourth-order valence-corrected chi connectivity index (χ4v) is 2.51. The van der Waals surface area contributed by atoms with E-state index in [4.69, 9.17) is 0 Å². The maximum absolute atomic E-state index is 9.26. The van der Waals surface area contributed by atoms with Crippen LogP contribution in [0.2, 0.25) is 0 Å². The smallest absolute Gasteiger partial charge is 0.0476 e. The zero-order chi connectivity index (χ0) is 10.8. The van der Waals surface area contributed by atoms with Gasteiger partial charge in [0, 0.05) is 24.9 Å². The van der Waals surface area contributed by atoms with Crippen LogP contribution < -0.4 is 4.90 Å². The summed E-state index contributed by atoms with van der Waals surface area (Å²) in [5, 5.41) is 9.26. The van der Waals surface area contributed by atoms with Crippen molar-refractivity contribution < 1.29 is 5.11 Å². The maximum Gasteiger partial charge on any atom is 0.0476 e. The molecule has 0 aliphatic carbocycles. The Labute approximate surface area is 91.5 Å². The zero-order valence-electron chi connectivity index (χ0n) is 9.48. The minimum atomic E-state index is 0.273. The molecule has 1 aromatic carbocycles. The Hall–Kier alpha value is -1.02. The van der Waals surface area contributed by atoms with E-state index < -0.39 is 0 Å². The molecule has 0 bridgehead atoms. The van der Waals surface area contributed by atoms with Crippen LogP contribution in [-0.2, 0) is 6.42 Å². The summed E-state index contributed by atoms with van der Waals surface area (Å²) in [6.45, 7) is 5.60. The SMILES string of the molecule is CCN1c2ccccc2CC1C(C)CO. The highest BCUT2D eigenvalue weighted by Gasteiger charge is 2.31. The topological polar surface area (TPSA) is 23.5 Å². The van der Waals surface area contributed by atoms with E-state index in [9.17, 15) is 5.11 Å². The molecule has 0 aromatic heterocycles. The van der Waals surface area contributed by atoms with E-state index in [-0.39, 0.29) is 6.61 Å². The summed E-state index contributed by atoms with van der Waals surface area (Å²) >= 11 is 0. The van der Waals surface area contributed by atoms with Crippen molar-refractivity contribution in [2.24, 2.45) is 5.92 Å². The van der Waals surface area contributed by atoms with E-state index >= 15 is 0 Å². The van der Waals surface area contributed by atoms with Crippen molar-refractivity contribution in [3.05, 3.63) is 29.8 Å². The molecule has 2 nitrogen and oxygen atoms in total. The van der Waals surface area contributed by atoms with Crippen molar-refractivity contribution in [1.82, 2.24) is 0 Å². The van der Waals surface area contributed by atoms with Crippen molar-refractivity contribution in [3.8, 4) is 0 Å². The molecule has 0 spiro atoms. The number of benzene rings is 1. The van der Waals surface area contributed by atoms with Crippen LogP contribution in [0.25, 0.3) is 0 Å². The molecule has 2 atom stereocenters. The van der Waals surface area contributed by atoms with E-state index in [0.717, 1.165) is 13.0 Å². The van der Waals surface area contributed by atoms with Crippen molar-refractivity contribution in [2.45, 2.75) is 26.3 Å². The van der Waals surface area contributed by atoms with Gasteiger partial charge in [-0.25, -0.2) is 0 Å². The molecule has 1 N–H and O–H groups in total. The van der Waals surface area contributed by atoms with Crippen molar-refractivity contribution in [2.75, 3.05) is 18.1 Å². The second-order valence-electron chi connectivity index (χ2n) is 4.35. The molecule has 1 aromatic rings. The van der Waals surface area contributed by atoms with Crippen LogP contribution in [0.5, 0.6) is 0 Å². The summed E-state index contributed by atoms with van der Waals surface area (Å²) < 4.78 is 0. The van der Waals surface area contributed by atoms with E-state index in [0.29, 0.717) is 12.0 Å². The van der Waals surface area contributed by atoms with Crippen LogP contribution in [0.1, 0.15) is 19.4 Å². The number of para-hydroxylation sites is 1. The summed E-state index contributed by atoms with van der Waals surface area (Å²) in [6, 6.07) is 9.04. The molecule has 0 saturated heterocycles. The average Bonchev–Trinajstić information content (AvgIpc) is 2.66. The Kier molecular flexibility index (Phi) is 2.96. The number of rotatable bonds is 3. The lowest BCUT2D eigenvalue weighted by atomic mass is 9.99. The van der Waals surface area contributed by atoms with Crippen LogP contribution >= 0.6 is 0 Å². The van der Waals surface area contributed by atoms with Gasteiger partial charge in [-0.2, -0.15) is 0 Å². The van der Waals surface area contributed by atoms with Crippen LogP contribution in [0.4, 0.5) is 5.69 Å². The summed E-state index contributed by atoms with van der Waals surface area (Å²) in [4.78, 5) is 2.41. The number of anilines is 1. The molecule has 2 unspecified atom stereocenters. The van der Waals surface area contributed by atoms with Gasteiger partial charge in [-0.1, -0.05) is 25.1 Å². The predicted molar refractivity (Wildman–Crippen MR) is 63.2 cm³/mol. The third-order valence-corrected chi connectivity index (χ3v) is 3.42. The number of nitrogens with zero attached hydrogens (tertiary/aromatic N) is 1. The number of fused-ring (bicyclic) bond motifs is 1. The molecule has 2 rings (SSSR count). The Bertz CT molecular complexity index is 337. The molecule has 82 valence electrons. The fraction of sp³-hybridized carbons (Fsp3) is 0.538. The Morgan fingerprint density at radius 2 is 2.20 bits per heavy atom. The number of likely N-dealkylation sites (N-methyl/N-ethyl adjacent to an activating group) is 1. The van der Waals surface area contributed by atoms with Crippen molar-refractivity contribution in [1.29, 1.82) is 0 Å². The quantitative estimate of drug-likeness (QED) is 0.816. The molecular weight excluding hydrogens is 186 g/mol. The highest BCUT2D eigenvalue weighted by Crippen LogP contribution is 2.34. The van der Waals surface area contributed by atoms with Gasteiger partial charge in [-0.3, -0.25) is 0 Å². The third-order valence-electron chi connectivity index (χ3n) is 3.42. The Balaban J connectivity index is 2.28. The molecule has 1 heterocycles. The van der Waals surface area contributed by atoms with Gasteiger partial charge in [0.15, 0.2) is 0 Å². The molecule has 15 heavy (non-hydrogen) atoms. The molecule has 0 saturated carbocycles. The van der Waals surface area contributed by atoms with Crippen LogP contribution in [0.15, 0.2) is 24.3 Å². The number of hydrogen-bond donors (Lipinski definition) is 1. The first kappa shape index (κ1) is 10.5. The Morgan fingerprint density at radius 1 is 1.47 bits per heavy atom. The molecular formula is C13H19NO. The number of aliphatic hydroxyl groups is 1. The Morgan fingerprint density at radius 3 is 2.87 bits per heavy atom. The van der Waals surface area contributed by atoms with Gasteiger partial charge in [-0.05, 0) is 30.9 Å². The molecule has 0 radical (unpaired) electrons. The van der Waals surface area contributed by atoms with E-state index in [1.54, 1.807) is 0 Å². The van der Waals surface area contributed by atoms with Gasteiger partial charge in [-0.15, -0.1) is 0 Å². The number of aliphatic hydroxyl groups excluding tert-OH is 1. The molecule has 0 amide bonds. The van der Waals surface area contributed by atoms with Gasteiger partial charge < -0.3 is 10.0 Å². The van der Waals surface area contributed by atoms with Gasteiger partial charge in [0.1, 0.15) is 0 Å². The first-order valence-electron chi connectivity index (χ1n) is 5.73. The second-order valence-corrected chi connectivity index (χ2v) is 4.35. The van der Waals surface area contributed by atoms with Gasteiger partial charge in [0.25, 0.3) is 0 Å². The lowest BCUT2D eigenvalue weighted by molar-refractivity contribution is 0.215. The molecule has 1 aliphatic rings. The molecule has 0 fully saturated rings. The van der Waals surface area contributed by atoms with Gasteiger partial charge in [0.05, 0.1) is 0 Å². The van der Waals surface area contributed by atoms with E-state index in [2.05, 4.69) is 43.0 Å². The third kappa shape index (κ3) is 1.74. The highest BCUT2D eigenvalue weighted by atomic mass is 16.3. The van der Waals surface area contributed by atoms with Crippen LogP contribution in [0, 0.1) is 5.92 Å². The first-order valence-corrected chi connectivity index (χ1v) is 5.73. The van der Waals surface area contributed by atoms with Crippen LogP contribution in [-0.4, -0.2) is 24.3 Å². The standard InChI is InChI=1S/C13H19NO/c1-3-14-12-7-5-4-6-11(12)8-13(14)10(2)9-15/h4-7,10,13,15H,3,8-9H2,1-2H3. The lowest BCUT2D eigenvalue weighted by Gasteiger charge is -2.29. The maximum atomic E-state index is 9.26. The highest BCUT2D eigenvalue weighted by molar-refractivity contribution is 5.59.